The first-order valence-electron chi connectivity index (χ1n) is 23.0. The molecule has 0 unspecified atom stereocenters. The van der Waals surface area contributed by atoms with Crippen molar-refractivity contribution in [3.63, 3.8) is 0 Å². The number of halogens is 2. The molecule has 0 heterocycles. The SMILES string of the molecule is CC(C)(C)c1c[c-]c2c(c1)-c1cc(C(C)(C)C)ccc1C2.CC(C)(C)c1c[c-]c2c(c1)-c1cc(C(C)(C)C)ccc1C2.Cl.Cl.[C-]1=CC=CC1.[C-]1=CC=CC1.[Hf+2]=[C]1CCC1.[Hf+2]=[C]1CCC1. The van der Waals surface area contributed by atoms with Crippen molar-refractivity contribution in [1.82, 2.24) is 0 Å². The standard InChI is InChI=1S/2C21H25.2C5H5.2C4H6.2ClH.2Hf/c2*1-20(2,3)16-9-7-14-11-15-8-10-17(21(4,5)6)13-19(15)18(14)12-16;2*1-2-4-5-3-1;2*1-2-4-3-1;;;;/h2*7,9-10,12-13H,11H2,1-6H3;2*1-3H,4H2;2*1-3H2;2*1H;;/q4*-1;;;;;2*+2. The molecule has 336 valence electrons. The van der Waals surface area contributed by atoms with Crippen molar-refractivity contribution in [1.29, 1.82) is 0 Å². The topological polar surface area (TPSA) is 0 Å². The molecule has 4 heteroatoms. The molecular weight excluding hydrogens is 1150 g/mol. The molecule has 4 aromatic carbocycles. The van der Waals surface area contributed by atoms with Gasteiger partial charge in [0.1, 0.15) is 0 Å². The fourth-order valence-corrected chi connectivity index (χ4v) is 9.90. The van der Waals surface area contributed by atoms with Gasteiger partial charge in [-0.1, -0.05) is 153 Å². The molecule has 0 aliphatic heterocycles. The molecule has 64 heavy (non-hydrogen) atoms. The number of rotatable bonds is 0. The predicted molar refractivity (Wildman–Crippen MR) is 277 cm³/mol. The first kappa shape index (κ1) is 56.2. The molecule has 0 amide bonds. The van der Waals surface area contributed by atoms with Crippen molar-refractivity contribution in [3.05, 3.63) is 166 Å². The van der Waals surface area contributed by atoms with Crippen LogP contribution in [0.1, 0.15) is 179 Å². The predicted octanol–water partition coefficient (Wildman–Crippen LogP) is 16.5. The zero-order chi connectivity index (χ0) is 45.3. The third kappa shape index (κ3) is 16.6. The number of allylic oxidation sites excluding steroid dienone is 8. The van der Waals surface area contributed by atoms with E-state index in [0.29, 0.717) is 0 Å². The zero-order valence-electron chi connectivity index (χ0n) is 41.1. The van der Waals surface area contributed by atoms with Gasteiger partial charge in [0.15, 0.2) is 0 Å². The maximum atomic E-state index is 3.53. The van der Waals surface area contributed by atoms with Crippen LogP contribution in [0.3, 0.4) is 0 Å². The van der Waals surface area contributed by atoms with Gasteiger partial charge in [0.2, 0.25) is 0 Å². The van der Waals surface area contributed by atoms with E-state index in [1.165, 1.54) is 153 Å². The Morgan fingerprint density at radius 2 is 0.750 bits per heavy atom. The van der Waals surface area contributed by atoms with Gasteiger partial charge in [-0.3, -0.25) is 12.2 Å². The second-order valence-electron chi connectivity index (χ2n) is 21.6. The molecule has 0 aromatic heterocycles. The van der Waals surface area contributed by atoms with Crippen LogP contribution in [0.4, 0.5) is 0 Å². The summed E-state index contributed by atoms with van der Waals surface area (Å²) < 4.78 is 3.65. The van der Waals surface area contributed by atoms with Crippen molar-refractivity contribution >= 4 is 31.3 Å². The van der Waals surface area contributed by atoms with E-state index in [4.69, 9.17) is 0 Å². The Morgan fingerprint density at radius 3 is 0.969 bits per heavy atom. The normalized spacial score (nSPS) is 15.4. The molecule has 0 atom stereocenters. The number of benzene rings is 4. The molecule has 0 bridgehead atoms. The Kier molecular flexibility index (Phi) is 21.8. The Hall–Kier alpha value is -2.10. The van der Waals surface area contributed by atoms with Gasteiger partial charge in [0, 0.05) is 0 Å². The summed E-state index contributed by atoms with van der Waals surface area (Å²) in [6.07, 6.45) is 30.9. The summed E-state index contributed by atoms with van der Waals surface area (Å²) in [5.74, 6) is 0. The van der Waals surface area contributed by atoms with Crippen LogP contribution in [0.5, 0.6) is 0 Å². The average Bonchev–Trinajstić information content (AvgIpc) is 4.03. The van der Waals surface area contributed by atoms with Gasteiger partial charge < -0.3 is 0 Å². The van der Waals surface area contributed by atoms with Gasteiger partial charge in [-0.05, 0) is 34.8 Å². The molecule has 0 N–H and O–H groups in total. The van der Waals surface area contributed by atoms with E-state index in [-0.39, 0.29) is 46.5 Å². The van der Waals surface area contributed by atoms with Crippen molar-refractivity contribution in [2.75, 3.05) is 0 Å². The van der Waals surface area contributed by atoms with Crippen molar-refractivity contribution in [2.24, 2.45) is 0 Å². The van der Waals surface area contributed by atoms with Crippen LogP contribution in [0.15, 0.2) is 97.1 Å². The Labute approximate surface area is 432 Å². The fourth-order valence-electron chi connectivity index (χ4n) is 7.36. The molecule has 6 aliphatic carbocycles. The van der Waals surface area contributed by atoms with Gasteiger partial charge in [-0.25, -0.2) is 24.3 Å². The summed E-state index contributed by atoms with van der Waals surface area (Å²) in [7, 11) is 0. The summed E-state index contributed by atoms with van der Waals surface area (Å²) in [4.78, 5) is 0. The first-order valence-corrected chi connectivity index (χ1v) is 26.6. The fraction of sp³-hybridized carbons (Fsp3) is 0.433. The molecular formula is C60H74Cl2Hf2. The quantitative estimate of drug-likeness (QED) is 0.105. The van der Waals surface area contributed by atoms with Gasteiger partial charge in [-0.15, -0.1) is 48.8 Å². The molecule has 0 nitrogen and oxygen atoms in total. The van der Waals surface area contributed by atoms with E-state index in [1.54, 1.807) is 0 Å². The third-order valence-corrected chi connectivity index (χ3v) is 15.7. The average molecular weight is 1220 g/mol. The van der Waals surface area contributed by atoms with Crippen LogP contribution in [-0.4, -0.2) is 6.51 Å². The molecule has 2 saturated carbocycles. The summed E-state index contributed by atoms with van der Waals surface area (Å²) >= 11 is 2.75. The second kappa shape index (κ2) is 24.8. The van der Waals surface area contributed by atoms with Crippen molar-refractivity contribution < 1.29 is 47.8 Å². The molecule has 6 aliphatic rings. The van der Waals surface area contributed by atoms with Gasteiger partial charge in [-0.2, -0.15) is 70.8 Å². The molecule has 0 saturated heterocycles. The van der Waals surface area contributed by atoms with Crippen molar-refractivity contribution in [3.8, 4) is 22.3 Å². The van der Waals surface area contributed by atoms with E-state index >= 15 is 0 Å². The van der Waals surface area contributed by atoms with Crippen molar-refractivity contribution in [2.45, 2.75) is 169 Å². The van der Waals surface area contributed by atoms with Gasteiger partial charge in [0.05, 0.1) is 0 Å². The van der Waals surface area contributed by atoms with Crippen LogP contribution in [0.2, 0.25) is 0 Å². The van der Waals surface area contributed by atoms with Gasteiger partial charge >= 0.3 is 92.8 Å². The van der Waals surface area contributed by atoms with E-state index in [9.17, 15) is 0 Å². The van der Waals surface area contributed by atoms with Gasteiger partial charge in [0.25, 0.3) is 0 Å². The Morgan fingerprint density at radius 1 is 0.438 bits per heavy atom. The van der Waals surface area contributed by atoms with E-state index < -0.39 is 0 Å². The molecule has 2 fully saturated rings. The third-order valence-electron chi connectivity index (χ3n) is 12.1. The van der Waals surface area contributed by atoms with Crippen LogP contribution in [-0.2, 0) is 82.3 Å². The summed E-state index contributed by atoms with van der Waals surface area (Å²) in [5, 5.41) is 0. The molecule has 4 aromatic rings. The second-order valence-corrected chi connectivity index (χ2v) is 26.7. The number of hydrogen-bond acceptors (Lipinski definition) is 0. The minimum atomic E-state index is 0. The minimum absolute atomic E-state index is 0. The van der Waals surface area contributed by atoms with E-state index in [0.717, 1.165) is 25.7 Å². The summed E-state index contributed by atoms with van der Waals surface area (Å²) in [6.45, 7) is 27.3. The molecule has 10 rings (SSSR count). The van der Waals surface area contributed by atoms with Crippen LogP contribution in [0.25, 0.3) is 22.3 Å². The van der Waals surface area contributed by atoms with Crippen LogP contribution >= 0.6 is 24.8 Å². The molecule has 0 radical (unpaired) electrons. The number of hydrogen-bond donors (Lipinski definition) is 0. The summed E-state index contributed by atoms with van der Waals surface area (Å²) in [6, 6.07) is 30.1. The molecule has 0 spiro atoms. The van der Waals surface area contributed by atoms with Crippen LogP contribution < -0.4 is 0 Å². The monoisotopic (exact) mass is 1220 g/mol. The zero-order valence-corrected chi connectivity index (χ0v) is 49.9. The maximum absolute atomic E-state index is 3.53. The Bertz CT molecular complexity index is 2000. The number of fused-ring (bicyclic) bond motifs is 6. The van der Waals surface area contributed by atoms with E-state index in [1.807, 2.05) is 30.8 Å². The van der Waals surface area contributed by atoms with Crippen LogP contribution in [0, 0.1) is 24.3 Å². The first-order chi connectivity index (χ1) is 29.1. The van der Waals surface area contributed by atoms with E-state index in [2.05, 4.69) is 180 Å². The summed E-state index contributed by atoms with van der Waals surface area (Å²) in [5.41, 5.74) is 17.5. The Balaban J connectivity index is 0.000000232.